The Morgan fingerprint density at radius 3 is 2.83 bits per heavy atom. The van der Waals surface area contributed by atoms with Gasteiger partial charge in [0.1, 0.15) is 6.04 Å². The Hall–Kier alpha value is -0.490. The Balaban J connectivity index is 2.25. The zero-order valence-corrected chi connectivity index (χ0v) is 12.9. The first-order chi connectivity index (χ1) is 8.29. The lowest BCUT2D eigenvalue weighted by atomic mass is 9.90. The SMILES string of the molecule is CSCC[C@@H]1C(=O)O[C@@]2(C)CC(C)(C)NC(=S)N12. The minimum absolute atomic E-state index is 0.142. The molecule has 2 fully saturated rings. The van der Waals surface area contributed by atoms with E-state index in [4.69, 9.17) is 17.0 Å². The van der Waals surface area contributed by atoms with Gasteiger partial charge in [0.25, 0.3) is 0 Å². The molecule has 0 saturated carbocycles. The summed E-state index contributed by atoms with van der Waals surface area (Å²) in [4.78, 5) is 14.0. The van der Waals surface area contributed by atoms with Gasteiger partial charge in [-0.1, -0.05) is 0 Å². The van der Waals surface area contributed by atoms with Crippen molar-refractivity contribution in [1.29, 1.82) is 0 Å². The number of thiocarbonyl (C=S) groups is 1. The van der Waals surface area contributed by atoms with E-state index < -0.39 is 5.72 Å². The molecular weight excluding hydrogens is 268 g/mol. The van der Waals surface area contributed by atoms with Crippen LogP contribution >= 0.6 is 24.0 Å². The summed E-state index contributed by atoms with van der Waals surface area (Å²) < 4.78 is 5.62. The fraction of sp³-hybridized carbons (Fsp3) is 0.833. The summed E-state index contributed by atoms with van der Waals surface area (Å²) in [5.41, 5.74) is -0.733. The lowest BCUT2D eigenvalue weighted by molar-refractivity contribution is -0.153. The zero-order valence-electron chi connectivity index (χ0n) is 11.3. The van der Waals surface area contributed by atoms with E-state index in [1.807, 2.05) is 18.1 Å². The van der Waals surface area contributed by atoms with Gasteiger partial charge < -0.3 is 10.1 Å². The number of carbonyl (C=O) groups is 1. The number of nitrogens with one attached hydrogen (secondary N) is 1. The Morgan fingerprint density at radius 2 is 2.22 bits per heavy atom. The Kier molecular flexibility index (Phi) is 3.53. The summed E-state index contributed by atoms with van der Waals surface area (Å²) in [7, 11) is 0. The van der Waals surface area contributed by atoms with Crippen molar-refractivity contribution in [2.24, 2.45) is 0 Å². The first-order valence-electron chi connectivity index (χ1n) is 6.12. The molecule has 2 atom stereocenters. The molecule has 2 heterocycles. The highest BCUT2D eigenvalue weighted by molar-refractivity contribution is 7.98. The summed E-state index contributed by atoms with van der Waals surface area (Å²) in [5, 5.41) is 3.93. The van der Waals surface area contributed by atoms with Gasteiger partial charge in [-0.05, 0) is 51.4 Å². The maximum atomic E-state index is 12.0. The first kappa shape index (κ1) is 13.9. The number of carbonyl (C=O) groups excluding carboxylic acids is 1. The molecule has 102 valence electrons. The number of nitrogens with zero attached hydrogens (tertiary/aromatic N) is 1. The van der Waals surface area contributed by atoms with Crippen molar-refractivity contribution in [2.75, 3.05) is 12.0 Å². The number of hydrogen-bond donors (Lipinski definition) is 1. The predicted octanol–water partition coefficient (Wildman–Crippen LogP) is 1.74. The third-order valence-corrected chi connectivity index (χ3v) is 4.39. The van der Waals surface area contributed by atoms with Crippen LogP contribution in [-0.4, -0.2) is 45.3 Å². The fourth-order valence-corrected chi connectivity index (χ4v) is 3.99. The summed E-state index contributed by atoms with van der Waals surface area (Å²) in [6.45, 7) is 6.11. The van der Waals surface area contributed by atoms with Crippen molar-refractivity contribution in [3.63, 3.8) is 0 Å². The summed E-state index contributed by atoms with van der Waals surface area (Å²) in [6, 6.07) is -0.237. The van der Waals surface area contributed by atoms with Crippen molar-refractivity contribution < 1.29 is 9.53 Å². The van der Waals surface area contributed by atoms with E-state index in [9.17, 15) is 4.79 Å². The number of ether oxygens (including phenoxy) is 1. The normalized spacial score (nSPS) is 34.0. The number of thioether (sulfide) groups is 1. The van der Waals surface area contributed by atoms with Crippen molar-refractivity contribution in [1.82, 2.24) is 10.2 Å². The predicted molar refractivity (Wildman–Crippen MR) is 77.6 cm³/mol. The van der Waals surface area contributed by atoms with Gasteiger partial charge in [-0.15, -0.1) is 0 Å². The van der Waals surface area contributed by atoms with Gasteiger partial charge in [-0.3, -0.25) is 4.90 Å². The average Bonchev–Trinajstić information content (AvgIpc) is 2.43. The molecule has 2 aliphatic heterocycles. The van der Waals surface area contributed by atoms with Crippen molar-refractivity contribution >= 4 is 35.1 Å². The van der Waals surface area contributed by atoms with E-state index in [-0.39, 0.29) is 17.6 Å². The highest BCUT2D eigenvalue weighted by Gasteiger charge is 2.56. The molecule has 1 N–H and O–H groups in total. The quantitative estimate of drug-likeness (QED) is 0.630. The van der Waals surface area contributed by atoms with Crippen molar-refractivity contribution in [3.05, 3.63) is 0 Å². The van der Waals surface area contributed by atoms with Gasteiger partial charge in [0.2, 0.25) is 0 Å². The fourth-order valence-electron chi connectivity index (χ4n) is 2.94. The lowest BCUT2D eigenvalue weighted by Gasteiger charge is -2.48. The van der Waals surface area contributed by atoms with Crippen LogP contribution in [0.5, 0.6) is 0 Å². The number of hydrogen-bond acceptors (Lipinski definition) is 4. The molecule has 0 amide bonds. The molecule has 4 nitrogen and oxygen atoms in total. The van der Waals surface area contributed by atoms with Crippen molar-refractivity contribution in [3.8, 4) is 0 Å². The Morgan fingerprint density at radius 1 is 1.56 bits per heavy atom. The molecule has 0 aromatic carbocycles. The maximum Gasteiger partial charge on any atom is 0.331 e. The van der Waals surface area contributed by atoms with E-state index in [1.54, 1.807) is 11.8 Å². The van der Waals surface area contributed by atoms with Crippen LogP contribution in [0.4, 0.5) is 0 Å². The molecule has 0 unspecified atom stereocenters. The Labute approximate surface area is 118 Å². The second-order valence-electron chi connectivity index (χ2n) is 5.75. The van der Waals surface area contributed by atoms with Crippen LogP contribution in [0.3, 0.4) is 0 Å². The standard InChI is InChI=1S/C12H20N2O2S2/c1-11(2)7-12(3)14(10(17)13-11)8(5-6-18-4)9(15)16-12/h8H,5-7H2,1-4H3,(H,13,17)/t8-,12+/m1/s1. The molecule has 0 spiro atoms. The van der Waals surface area contributed by atoms with E-state index >= 15 is 0 Å². The Bertz CT molecular complexity index is 386. The third-order valence-electron chi connectivity index (χ3n) is 3.44. The van der Waals surface area contributed by atoms with Crippen molar-refractivity contribution in [2.45, 2.75) is 50.9 Å². The summed E-state index contributed by atoms with van der Waals surface area (Å²) >= 11 is 7.15. The molecular formula is C12H20N2O2S2. The van der Waals surface area contributed by atoms with Crippen LogP contribution in [0.1, 0.15) is 33.6 Å². The van der Waals surface area contributed by atoms with E-state index in [0.717, 1.165) is 18.6 Å². The number of fused-ring (bicyclic) bond motifs is 1. The lowest BCUT2D eigenvalue weighted by Crippen LogP contribution is -2.66. The monoisotopic (exact) mass is 288 g/mol. The molecule has 6 heteroatoms. The second kappa shape index (κ2) is 4.56. The molecule has 0 bridgehead atoms. The molecule has 2 rings (SSSR count). The number of esters is 1. The highest BCUT2D eigenvalue weighted by atomic mass is 32.2. The summed E-state index contributed by atoms with van der Waals surface area (Å²) in [5.74, 6) is 0.784. The molecule has 0 aromatic heterocycles. The van der Waals surface area contributed by atoms with Gasteiger partial charge in [-0.2, -0.15) is 11.8 Å². The van der Waals surface area contributed by atoms with Gasteiger partial charge in [0.05, 0.1) is 0 Å². The largest absolute Gasteiger partial charge is 0.437 e. The van der Waals surface area contributed by atoms with Crippen LogP contribution < -0.4 is 5.32 Å². The molecule has 2 saturated heterocycles. The molecule has 18 heavy (non-hydrogen) atoms. The van der Waals surface area contributed by atoms with Gasteiger partial charge in [0.15, 0.2) is 10.8 Å². The van der Waals surface area contributed by atoms with Crippen LogP contribution in [0.2, 0.25) is 0 Å². The van der Waals surface area contributed by atoms with E-state index in [2.05, 4.69) is 19.2 Å². The third kappa shape index (κ3) is 2.32. The second-order valence-corrected chi connectivity index (χ2v) is 7.13. The maximum absolute atomic E-state index is 12.0. The molecule has 0 aromatic rings. The first-order valence-corrected chi connectivity index (χ1v) is 7.92. The van der Waals surface area contributed by atoms with E-state index in [0.29, 0.717) is 5.11 Å². The summed E-state index contributed by atoms with van der Waals surface area (Å²) in [6.07, 6.45) is 3.55. The van der Waals surface area contributed by atoms with E-state index in [1.165, 1.54) is 0 Å². The van der Waals surface area contributed by atoms with Crippen LogP contribution in [-0.2, 0) is 9.53 Å². The smallest absolute Gasteiger partial charge is 0.331 e. The van der Waals surface area contributed by atoms with Gasteiger partial charge in [-0.25, -0.2) is 4.79 Å². The average molecular weight is 288 g/mol. The molecule has 0 radical (unpaired) electrons. The van der Waals surface area contributed by atoms with Crippen LogP contribution in [0.15, 0.2) is 0 Å². The topological polar surface area (TPSA) is 41.6 Å². The molecule has 0 aliphatic carbocycles. The van der Waals surface area contributed by atoms with Gasteiger partial charge >= 0.3 is 5.97 Å². The minimum Gasteiger partial charge on any atom is -0.437 e. The minimum atomic E-state index is -0.591. The number of rotatable bonds is 3. The van der Waals surface area contributed by atoms with Crippen LogP contribution in [0, 0.1) is 0 Å². The zero-order chi connectivity index (χ0) is 13.6. The highest BCUT2D eigenvalue weighted by Crippen LogP contribution is 2.40. The molecule has 2 aliphatic rings. The van der Waals surface area contributed by atoms with Gasteiger partial charge in [0, 0.05) is 12.0 Å². The van der Waals surface area contributed by atoms with Crippen LogP contribution in [0.25, 0.3) is 0 Å².